The van der Waals surface area contributed by atoms with E-state index in [-0.39, 0.29) is 5.91 Å². The molecule has 9 heteroatoms. The van der Waals surface area contributed by atoms with Crippen LogP contribution in [0.3, 0.4) is 0 Å². The van der Waals surface area contributed by atoms with Crippen molar-refractivity contribution >= 4 is 28.6 Å². The van der Waals surface area contributed by atoms with E-state index in [0.717, 1.165) is 34.2 Å². The average molecular weight is 452 g/mol. The quantitative estimate of drug-likeness (QED) is 0.444. The normalized spacial score (nSPS) is 14.8. The second-order valence-corrected chi connectivity index (χ2v) is 9.14. The number of thiophene rings is 1. The summed E-state index contributed by atoms with van der Waals surface area (Å²) in [5.41, 5.74) is 1.92. The monoisotopic (exact) mass is 451 g/mol. The summed E-state index contributed by atoms with van der Waals surface area (Å²) in [6.45, 7) is 3.57. The number of hydrogen-bond donors (Lipinski definition) is 0. The molecule has 4 aromatic rings. The molecule has 0 aliphatic carbocycles. The Labute approximate surface area is 188 Å². The molecule has 0 spiro atoms. The third-order valence-electron chi connectivity index (χ3n) is 5.20. The molecule has 0 N–H and O–H groups in total. The molecule has 7 nitrogen and oxygen atoms in total. The fourth-order valence-corrected chi connectivity index (χ4v) is 5.01. The number of aromatic nitrogens is 3. The Bertz CT molecular complexity index is 1130. The highest BCUT2D eigenvalue weighted by Gasteiger charge is 2.23. The molecule has 5 rings (SSSR count). The van der Waals surface area contributed by atoms with Crippen molar-refractivity contribution < 1.29 is 9.32 Å². The van der Waals surface area contributed by atoms with E-state index in [0.29, 0.717) is 37.8 Å². The zero-order chi connectivity index (χ0) is 21.0. The van der Waals surface area contributed by atoms with Crippen molar-refractivity contribution in [3.8, 4) is 21.3 Å². The van der Waals surface area contributed by atoms with Crippen LogP contribution in [0, 0.1) is 0 Å². The van der Waals surface area contributed by atoms with E-state index < -0.39 is 0 Å². The maximum Gasteiger partial charge on any atom is 0.241 e. The van der Waals surface area contributed by atoms with Gasteiger partial charge in [-0.25, -0.2) is 4.98 Å². The van der Waals surface area contributed by atoms with Gasteiger partial charge in [-0.05, 0) is 11.4 Å². The lowest BCUT2D eigenvalue weighted by molar-refractivity contribution is -0.132. The third-order valence-corrected chi connectivity index (χ3v) is 7.00. The molecule has 3 aromatic heterocycles. The Balaban J connectivity index is 1.12. The van der Waals surface area contributed by atoms with E-state index in [1.165, 1.54) is 0 Å². The van der Waals surface area contributed by atoms with Gasteiger partial charge < -0.3 is 9.42 Å². The SMILES string of the molecule is O=C(Cc1csc(-c2ccccc2)n1)N1CCN(Cc2nc(-c3cccs3)no2)CC1. The molecule has 1 aliphatic heterocycles. The van der Waals surface area contributed by atoms with Crippen LogP contribution in [0.2, 0.25) is 0 Å². The number of hydrogen-bond acceptors (Lipinski definition) is 8. The summed E-state index contributed by atoms with van der Waals surface area (Å²) >= 11 is 3.17. The van der Waals surface area contributed by atoms with Crippen LogP contribution in [0.4, 0.5) is 0 Å². The molecule has 0 radical (unpaired) electrons. The van der Waals surface area contributed by atoms with Crippen LogP contribution in [0.1, 0.15) is 11.6 Å². The molecule has 1 amide bonds. The van der Waals surface area contributed by atoms with E-state index in [1.54, 1.807) is 22.7 Å². The number of thiazole rings is 1. The summed E-state index contributed by atoms with van der Waals surface area (Å²) in [5, 5.41) is 9.00. The molecule has 1 saturated heterocycles. The third kappa shape index (κ3) is 4.73. The van der Waals surface area contributed by atoms with Crippen LogP contribution in [-0.4, -0.2) is 57.0 Å². The van der Waals surface area contributed by atoms with Gasteiger partial charge in [0.15, 0.2) is 0 Å². The number of piperazine rings is 1. The van der Waals surface area contributed by atoms with E-state index in [2.05, 4.69) is 20.0 Å². The summed E-state index contributed by atoms with van der Waals surface area (Å²) in [6.07, 6.45) is 0.344. The Hall–Kier alpha value is -2.88. The van der Waals surface area contributed by atoms with Gasteiger partial charge in [0.05, 0.1) is 23.5 Å². The molecular formula is C22H21N5O2S2. The molecule has 0 unspecified atom stereocenters. The van der Waals surface area contributed by atoms with Gasteiger partial charge in [0.1, 0.15) is 5.01 Å². The van der Waals surface area contributed by atoms with E-state index in [4.69, 9.17) is 4.52 Å². The van der Waals surface area contributed by atoms with Crippen LogP contribution < -0.4 is 0 Å². The molecule has 4 heterocycles. The highest BCUT2D eigenvalue weighted by atomic mass is 32.1. The fraction of sp³-hybridized carbons (Fsp3) is 0.273. The number of benzene rings is 1. The predicted molar refractivity (Wildman–Crippen MR) is 121 cm³/mol. The number of rotatable bonds is 6. The van der Waals surface area contributed by atoms with Crippen molar-refractivity contribution in [1.29, 1.82) is 0 Å². The van der Waals surface area contributed by atoms with Crippen molar-refractivity contribution in [2.75, 3.05) is 26.2 Å². The second kappa shape index (κ2) is 9.09. The lowest BCUT2D eigenvalue weighted by atomic mass is 10.2. The Morgan fingerprint density at radius 3 is 2.61 bits per heavy atom. The first kappa shape index (κ1) is 20.0. The number of nitrogens with zero attached hydrogens (tertiary/aromatic N) is 5. The highest BCUT2D eigenvalue weighted by molar-refractivity contribution is 7.13. The lowest BCUT2D eigenvalue weighted by Gasteiger charge is -2.33. The molecule has 1 aromatic carbocycles. The van der Waals surface area contributed by atoms with Gasteiger partial charge in [-0.1, -0.05) is 41.6 Å². The number of amides is 1. The Morgan fingerprint density at radius 2 is 1.84 bits per heavy atom. The van der Waals surface area contributed by atoms with Crippen molar-refractivity contribution in [3.05, 3.63) is 64.8 Å². The van der Waals surface area contributed by atoms with E-state index in [9.17, 15) is 4.79 Å². The minimum absolute atomic E-state index is 0.127. The second-order valence-electron chi connectivity index (χ2n) is 7.33. The largest absolute Gasteiger partial charge is 0.340 e. The Kier molecular flexibility index (Phi) is 5.88. The van der Waals surface area contributed by atoms with Gasteiger partial charge in [-0.2, -0.15) is 4.98 Å². The van der Waals surface area contributed by atoms with Gasteiger partial charge in [0.2, 0.25) is 17.6 Å². The minimum Gasteiger partial charge on any atom is -0.340 e. The smallest absolute Gasteiger partial charge is 0.241 e. The van der Waals surface area contributed by atoms with Gasteiger partial charge in [-0.3, -0.25) is 9.69 Å². The number of carbonyl (C=O) groups is 1. The van der Waals surface area contributed by atoms with Gasteiger partial charge >= 0.3 is 0 Å². The van der Waals surface area contributed by atoms with E-state index >= 15 is 0 Å². The summed E-state index contributed by atoms with van der Waals surface area (Å²) in [6, 6.07) is 14.0. The molecule has 31 heavy (non-hydrogen) atoms. The maximum atomic E-state index is 12.7. The zero-order valence-corrected chi connectivity index (χ0v) is 18.4. The molecule has 0 saturated carbocycles. The first-order valence-electron chi connectivity index (χ1n) is 10.1. The van der Waals surface area contributed by atoms with Crippen molar-refractivity contribution in [2.45, 2.75) is 13.0 Å². The molecule has 0 atom stereocenters. The molecular weight excluding hydrogens is 430 g/mol. The van der Waals surface area contributed by atoms with Gasteiger partial charge in [0, 0.05) is 37.1 Å². The first-order chi connectivity index (χ1) is 15.2. The van der Waals surface area contributed by atoms with Gasteiger partial charge in [-0.15, -0.1) is 22.7 Å². The van der Waals surface area contributed by atoms with Crippen LogP contribution >= 0.6 is 22.7 Å². The maximum absolute atomic E-state index is 12.7. The Morgan fingerprint density at radius 1 is 1.00 bits per heavy atom. The lowest BCUT2D eigenvalue weighted by Crippen LogP contribution is -2.48. The van der Waals surface area contributed by atoms with Crippen LogP contribution in [0.15, 0.2) is 57.7 Å². The summed E-state index contributed by atoms with van der Waals surface area (Å²) in [5.74, 6) is 1.37. The first-order valence-corrected chi connectivity index (χ1v) is 11.9. The van der Waals surface area contributed by atoms with Crippen molar-refractivity contribution in [3.63, 3.8) is 0 Å². The number of carbonyl (C=O) groups excluding carboxylic acids is 1. The van der Waals surface area contributed by atoms with E-state index in [1.807, 2.05) is 58.1 Å². The van der Waals surface area contributed by atoms with Crippen LogP contribution in [0.5, 0.6) is 0 Å². The summed E-state index contributed by atoms with van der Waals surface area (Å²) in [7, 11) is 0. The molecule has 1 fully saturated rings. The standard InChI is InChI=1S/C22H21N5O2S2/c28-20(13-17-15-31-22(23-17)16-5-2-1-3-6-16)27-10-8-26(9-11-27)14-19-24-21(25-29-19)18-7-4-12-30-18/h1-7,12,15H,8-11,13-14H2. The zero-order valence-electron chi connectivity index (χ0n) is 16.8. The molecule has 158 valence electrons. The summed E-state index contributed by atoms with van der Waals surface area (Å²) < 4.78 is 5.40. The summed E-state index contributed by atoms with van der Waals surface area (Å²) in [4.78, 5) is 27.0. The van der Waals surface area contributed by atoms with Crippen molar-refractivity contribution in [1.82, 2.24) is 24.9 Å². The van der Waals surface area contributed by atoms with Gasteiger partial charge in [0.25, 0.3) is 0 Å². The fourth-order valence-electron chi connectivity index (χ4n) is 3.54. The average Bonchev–Trinajstić information content (AvgIpc) is 3.57. The van der Waals surface area contributed by atoms with Crippen molar-refractivity contribution in [2.24, 2.45) is 0 Å². The topological polar surface area (TPSA) is 75.4 Å². The minimum atomic E-state index is 0.127. The van der Waals surface area contributed by atoms with Crippen LogP contribution in [0.25, 0.3) is 21.3 Å². The predicted octanol–water partition coefficient (Wildman–Crippen LogP) is 3.81. The molecule has 0 bridgehead atoms. The molecule has 1 aliphatic rings. The van der Waals surface area contributed by atoms with Crippen LogP contribution in [-0.2, 0) is 17.8 Å². The highest BCUT2D eigenvalue weighted by Crippen LogP contribution is 2.24.